The van der Waals surface area contributed by atoms with E-state index in [1.807, 2.05) is 37.3 Å². The maximum absolute atomic E-state index is 11.2. The molecule has 0 atom stereocenters. The van der Waals surface area contributed by atoms with E-state index in [1.54, 1.807) is 0 Å². The molecule has 3 nitrogen and oxygen atoms in total. The maximum atomic E-state index is 11.2. The molecule has 0 amide bonds. The Balaban J connectivity index is 2.23. The molecule has 0 saturated carbocycles. The highest BCUT2D eigenvalue weighted by molar-refractivity contribution is 5.81. The first kappa shape index (κ1) is 12.3. The van der Waals surface area contributed by atoms with Crippen molar-refractivity contribution in [3.8, 4) is 0 Å². The molecule has 3 heteroatoms. The zero-order valence-corrected chi connectivity index (χ0v) is 9.39. The van der Waals surface area contributed by atoms with Crippen LogP contribution in [-0.4, -0.2) is 12.6 Å². The van der Waals surface area contributed by atoms with Gasteiger partial charge < -0.3 is 9.47 Å². The molecule has 0 aliphatic heterocycles. The Morgan fingerprint density at radius 3 is 2.75 bits per heavy atom. The van der Waals surface area contributed by atoms with E-state index in [1.165, 1.54) is 12.3 Å². The molecule has 86 valence electrons. The highest BCUT2D eigenvalue weighted by Gasteiger charge is 1.97. The van der Waals surface area contributed by atoms with Crippen LogP contribution in [-0.2, 0) is 20.9 Å². The van der Waals surface area contributed by atoms with Crippen LogP contribution in [0, 0.1) is 0 Å². The second kappa shape index (κ2) is 7.51. The predicted molar refractivity (Wildman–Crippen MR) is 61.6 cm³/mol. The standard InChI is InChI=1S/C13H16O3/c1-2-9-15-10-8-13(14)16-11-12-6-4-3-5-7-12/h3-8,10H,2,9,11H2,1H3/b10-8+. The topological polar surface area (TPSA) is 35.5 Å². The van der Waals surface area contributed by atoms with Crippen LogP contribution in [0.3, 0.4) is 0 Å². The van der Waals surface area contributed by atoms with Gasteiger partial charge in [0.15, 0.2) is 0 Å². The molecule has 1 aromatic carbocycles. The highest BCUT2D eigenvalue weighted by atomic mass is 16.5. The first-order valence-electron chi connectivity index (χ1n) is 5.31. The van der Waals surface area contributed by atoms with Gasteiger partial charge in [-0.05, 0) is 12.0 Å². The van der Waals surface area contributed by atoms with E-state index in [9.17, 15) is 4.79 Å². The Labute approximate surface area is 95.7 Å². The summed E-state index contributed by atoms with van der Waals surface area (Å²) in [6.07, 6.45) is 3.58. The molecule has 0 aliphatic rings. The quantitative estimate of drug-likeness (QED) is 0.320. The molecule has 0 spiro atoms. The summed E-state index contributed by atoms with van der Waals surface area (Å²) in [4.78, 5) is 11.2. The SMILES string of the molecule is CCCO/C=C/C(=O)OCc1ccccc1. The van der Waals surface area contributed by atoms with Crippen LogP contribution >= 0.6 is 0 Å². The fourth-order valence-electron chi connectivity index (χ4n) is 1.07. The van der Waals surface area contributed by atoms with Gasteiger partial charge in [0.2, 0.25) is 0 Å². The molecule has 16 heavy (non-hydrogen) atoms. The summed E-state index contributed by atoms with van der Waals surface area (Å²) in [5.41, 5.74) is 0.971. The average Bonchev–Trinajstić information content (AvgIpc) is 2.33. The van der Waals surface area contributed by atoms with Crippen LogP contribution < -0.4 is 0 Å². The molecule has 1 aromatic rings. The molecule has 0 fully saturated rings. The summed E-state index contributed by atoms with van der Waals surface area (Å²) in [5, 5.41) is 0. The van der Waals surface area contributed by atoms with Crippen molar-refractivity contribution < 1.29 is 14.3 Å². The van der Waals surface area contributed by atoms with E-state index in [0.717, 1.165) is 12.0 Å². The molecule has 0 bridgehead atoms. The first-order chi connectivity index (χ1) is 7.83. The summed E-state index contributed by atoms with van der Waals surface area (Å²) >= 11 is 0. The van der Waals surface area contributed by atoms with Gasteiger partial charge in [0.25, 0.3) is 0 Å². The second-order valence-electron chi connectivity index (χ2n) is 3.27. The van der Waals surface area contributed by atoms with Gasteiger partial charge in [0.05, 0.1) is 18.9 Å². The van der Waals surface area contributed by atoms with E-state index < -0.39 is 0 Å². The summed E-state index contributed by atoms with van der Waals surface area (Å²) < 4.78 is 10.0. The third kappa shape index (κ3) is 5.20. The van der Waals surface area contributed by atoms with Gasteiger partial charge >= 0.3 is 5.97 Å². The van der Waals surface area contributed by atoms with Crippen LogP contribution in [0.4, 0.5) is 0 Å². The number of carbonyl (C=O) groups excluding carboxylic acids is 1. The zero-order chi connectivity index (χ0) is 11.6. The minimum Gasteiger partial charge on any atom is -0.501 e. The summed E-state index contributed by atoms with van der Waals surface area (Å²) in [6.45, 7) is 2.90. The lowest BCUT2D eigenvalue weighted by molar-refractivity contribution is -0.139. The lowest BCUT2D eigenvalue weighted by Gasteiger charge is -2.01. The molecular weight excluding hydrogens is 204 g/mol. The normalized spacial score (nSPS) is 10.3. The Bertz CT molecular complexity index is 330. The first-order valence-corrected chi connectivity index (χ1v) is 5.31. The smallest absolute Gasteiger partial charge is 0.334 e. The van der Waals surface area contributed by atoms with Crippen LogP contribution in [0.1, 0.15) is 18.9 Å². The summed E-state index contributed by atoms with van der Waals surface area (Å²) in [6, 6.07) is 9.55. The number of hydrogen-bond donors (Lipinski definition) is 0. The Morgan fingerprint density at radius 1 is 1.31 bits per heavy atom. The van der Waals surface area contributed by atoms with Gasteiger partial charge in [0.1, 0.15) is 6.61 Å². The van der Waals surface area contributed by atoms with E-state index in [4.69, 9.17) is 9.47 Å². The minimum atomic E-state index is -0.389. The third-order valence-corrected chi connectivity index (χ3v) is 1.85. The molecule has 0 N–H and O–H groups in total. The highest BCUT2D eigenvalue weighted by Crippen LogP contribution is 2.00. The maximum Gasteiger partial charge on any atom is 0.334 e. The van der Waals surface area contributed by atoms with Gasteiger partial charge in [0, 0.05) is 0 Å². The van der Waals surface area contributed by atoms with Gasteiger partial charge in [-0.25, -0.2) is 4.79 Å². The molecule has 0 heterocycles. The van der Waals surface area contributed by atoms with E-state index in [2.05, 4.69) is 0 Å². The Kier molecular flexibility index (Phi) is 5.78. The van der Waals surface area contributed by atoms with Crippen molar-refractivity contribution in [2.24, 2.45) is 0 Å². The van der Waals surface area contributed by atoms with Crippen molar-refractivity contribution in [3.05, 3.63) is 48.2 Å². The van der Waals surface area contributed by atoms with Gasteiger partial charge in [-0.15, -0.1) is 0 Å². The van der Waals surface area contributed by atoms with Crippen molar-refractivity contribution in [2.75, 3.05) is 6.61 Å². The zero-order valence-electron chi connectivity index (χ0n) is 9.39. The summed E-state index contributed by atoms with van der Waals surface area (Å²) in [7, 11) is 0. The molecule has 0 saturated heterocycles. The number of ether oxygens (including phenoxy) is 2. The van der Waals surface area contributed by atoms with Gasteiger partial charge in [-0.1, -0.05) is 37.3 Å². The monoisotopic (exact) mass is 220 g/mol. The predicted octanol–water partition coefficient (Wildman–Crippen LogP) is 2.67. The largest absolute Gasteiger partial charge is 0.501 e. The number of hydrogen-bond acceptors (Lipinski definition) is 3. The molecule has 0 aliphatic carbocycles. The van der Waals surface area contributed by atoms with E-state index in [-0.39, 0.29) is 12.6 Å². The lowest BCUT2D eigenvalue weighted by Crippen LogP contribution is -2.00. The molecule has 0 aromatic heterocycles. The number of rotatable bonds is 6. The number of esters is 1. The Hall–Kier alpha value is -1.77. The van der Waals surface area contributed by atoms with Gasteiger partial charge in [-0.3, -0.25) is 0 Å². The van der Waals surface area contributed by atoms with Crippen molar-refractivity contribution in [1.82, 2.24) is 0 Å². The molecule has 0 radical (unpaired) electrons. The summed E-state index contributed by atoms with van der Waals surface area (Å²) in [5.74, 6) is -0.389. The van der Waals surface area contributed by atoms with Crippen molar-refractivity contribution >= 4 is 5.97 Å². The second-order valence-corrected chi connectivity index (χ2v) is 3.27. The molecular formula is C13H16O3. The van der Waals surface area contributed by atoms with Crippen LogP contribution in [0.5, 0.6) is 0 Å². The fraction of sp³-hybridized carbons (Fsp3) is 0.308. The number of carbonyl (C=O) groups is 1. The molecule has 0 unspecified atom stereocenters. The average molecular weight is 220 g/mol. The van der Waals surface area contributed by atoms with Crippen LogP contribution in [0.15, 0.2) is 42.7 Å². The minimum absolute atomic E-state index is 0.289. The van der Waals surface area contributed by atoms with Crippen molar-refractivity contribution in [3.63, 3.8) is 0 Å². The fourth-order valence-corrected chi connectivity index (χ4v) is 1.07. The van der Waals surface area contributed by atoms with Crippen LogP contribution in [0.25, 0.3) is 0 Å². The van der Waals surface area contributed by atoms with Crippen molar-refractivity contribution in [1.29, 1.82) is 0 Å². The lowest BCUT2D eigenvalue weighted by atomic mass is 10.2. The van der Waals surface area contributed by atoms with Crippen molar-refractivity contribution in [2.45, 2.75) is 20.0 Å². The van der Waals surface area contributed by atoms with E-state index in [0.29, 0.717) is 6.61 Å². The van der Waals surface area contributed by atoms with E-state index >= 15 is 0 Å². The number of benzene rings is 1. The third-order valence-electron chi connectivity index (χ3n) is 1.85. The molecule has 1 rings (SSSR count). The van der Waals surface area contributed by atoms with Crippen LogP contribution in [0.2, 0.25) is 0 Å². The van der Waals surface area contributed by atoms with Gasteiger partial charge in [-0.2, -0.15) is 0 Å². The Morgan fingerprint density at radius 2 is 2.06 bits per heavy atom.